The first-order valence-electron chi connectivity index (χ1n) is 12.7. The van der Waals surface area contributed by atoms with E-state index in [0.717, 1.165) is 50.4 Å². The lowest BCUT2D eigenvalue weighted by Gasteiger charge is -2.53. The molecule has 2 aromatic heterocycles. The Balaban J connectivity index is 1.10. The fourth-order valence-corrected chi connectivity index (χ4v) is 5.57. The first kappa shape index (κ1) is 22.9. The van der Waals surface area contributed by atoms with Crippen molar-refractivity contribution in [2.45, 2.75) is 89.7 Å². The van der Waals surface area contributed by atoms with Crippen molar-refractivity contribution in [1.29, 1.82) is 0 Å². The highest BCUT2D eigenvalue weighted by Crippen LogP contribution is 2.44. The van der Waals surface area contributed by atoms with Gasteiger partial charge in [0.05, 0.1) is 0 Å². The molecule has 1 spiro atoms. The number of H-pyrrole nitrogens is 1. The normalized spacial score (nSPS) is 20.9. The molecular formula is C25H37N7O2. The number of carbonyl (C=O) groups excluding carboxylic acids is 1. The van der Waals surface area contributed by atoms with Crippen molar-refractivity contribution in [1.82, 2.24) is 25.1 Å². The summed E-state index contributed by atoms with van der Waals surface area (Å²) in [5, 5.41) is 14.4. The molecule has 1 saturated heterocycles. The second kappa shape index (κ2) is 9.07. The predicted molar refractivity (Wildman–Crippen MR) is 131 cm³/mol. The maximum Gasteiger partial charge on any atom is 0.410 e. The zero-order chi connectivity index (χ0) is 23.8. The molecule has 0 unspecified atom stereocenters. The zero-order valence-corrected chi connectivity index (χ0v) is 20.6. The summed E-state index contributed by atoms with van der Waals surface area (Å²) in [6.07, 6.45) is 11.0. The van der Waals surface area contributed by atoms with Crippen LogP contribution >= 0.6 is 0 Å². The van der Waals surface area contributed by atoms with E-state index in [4.69, 9.17) is 4.74 Å². The summed E-state index contributed by atoms with van der Waals surface area (Å²) in [4.78, 5) is 23.2. The number of hydrogen-bond acceptors (Lipinski definition) is 7. The Morgan fingerprint density at radius 1 is 1.15 bits per heavy atom. The van der Waals surface area contributed by atoms with E-state index in [1.54, 1.807) is 6.20 Å². The smallest absolute Gasteiger partial charge is 0.410 e. The topological polar surface area (TPSA) is 108 Å². The Bertz CT molecular complexity index is 993. The first-order valence-corrected chi connectivity index (χ1v) is 12.7. The van der Waals surface area contributed by atoms with Gasteiger partial charge in [0, 0.05) is 48.4 Å². The molecule has 2 aliphatic carbocycles. The van der Waals surface area contributed by atoms with Crippen molar-refractivity contribution < 1.29 is 9.53 Å². The predicted octanol–water partition coefficient (Wildman–Crippen LogP) is 5.19. The summed E-state index contributed by atoms with van der Waals surface area (Å²) in [6, 6.07) is 4.31. The molecule has 0 bridgehead atoms. The van der Waals surface area contributed by atoms with Crippen molar-refractivity contribution in [3.8, 4) is 0 Å². The van der Waals surface area contributed by atoms with Crippen LogP contribution in [0.3, 0.4) is 0 Å². The molecule has 1 aliphatic heterocycles. The Morgan fingerprint density at radius 3 is 2.59 bits per heavy atom. The maximum atomic E-state index is 12.3. The number of amides is 1. The summed E-state index contributed by atoms with van der Waals surface area (Å²) in [5.74, 6) is 2.78. The van der Waals surface area contributed by atoms with Gasteiger partial charge in [-0.1, -0.05) is 12.8 Å². The van der Waals surface area contributed by atoms with E-state index in [1.807, 2.05) is 31.7 Å². The van der Waals surface area contributed by atoms with E-state index in [0.29, 0.717) is 17.9 Å². The summed E-state index contributed by atoms with van der Waals surface area (Å²) >= 11 is 0. The van der Waals surface area contributed by atoms with Gasteiger partial charge in [0.25, 0.3) is 0 Å². The molecule has 0 atom stereocenters. The van der Waals surface area contributed by atoms with Gasteiger partial charge in [-0.3, -0.25) is 5.10 Å². The van der Waals surface area contributed by atoms with Crippen LogP contribution in [0.4, 0.5) is 22.4 Å². The standard InChI is InChI=1S/C25H37N7O2/c1-24(2,3)34-23(33)32-15-25(16-32)11-8-18(9-12-25)27-22-26-13-10-20(29-22)28-21-14-19(30-31-21)17-6-4-5-7-17/h10,13-14,17-18H,4-9,11-12,15-16H2,1-3H3,(H3,26,27,28,29,30,31). The lowest BCUT2D eigenvalue weighted by molar-refractivity contribution is -0.0496. The van der Waals surface area contributed by atoms with Crippen LogP contribution < -0.4 is 10.6 Å². The third-order valence-corrected chi connectivity index (χ3v) is 7.39. The third kappa shape index (κ3) is 5.28. The summed E-state index contributed by atoms with van der Waals surface area (Å²) in [7, 11) is 0. The highest BCUT2D eigenvalue weighted by molar-refractivity contribution is 5.69. The molecule has 0 radical (unpaired) electrons. The monoisotopic (exact) mass is 467 g/mol. The van der Waals surface area contributed by atoms with E-state index >= 15 is 0 Å². The van der Waals surface area contributed by atoms with Crippen molar-refractivity contribution in [3.63, 3.8) is 0 Å². The third-order valence-electron chi connectivity index (χ3n) is 7.39. The van der Waals surface area contributed by atoms with Gasteiger partial charge in [0.1, 0.15) is 11.4 Å². The number of nitrogens with zero attached hydrogens (tertiary/aromatic N) is 4. The number of rotatable bonds is 5. The van der Waals surface area contributed by atoms with E-state index in [2.05, 4.69) is 36.9 Å². The Hall–Kier alpha value is -2.84. The minimum atomic E-state index is -0.444. The van der Waals surface area contributed by atoms with E-state index in [-0.39, 0.29) is 11.5 Å². The van der Waals surface area contributed by atoms with Gasteiger partial charge >= 0.3 is 6.09 Å². The zero-order valence-electron chi connectivity index (χ0n) is 20.6. The van der Waals surface area contributed by atoms with Crippen LogP contribution in [0, 0.1) is 5.41 Å². The van der Waals surface area contributed by atoms with Crippen molar-refractivity contribution >= 4 is 23.7 Å². The quantitative estimate of drug-likeness (QED) is 0.555. The molecule has 34 heavy (non-hydrogen) atoms. The van der Waals surface area contributed by atoms with Gasteiger partial charge < -0.3 is 20.3 Å². The SMILES string of the molecule is CC(C)(C)OC(=O)N1CC2(CCC(Nc3nccc(Nc4cc(C5CCCC5)[nH]n4)n3)CC2)C1. The van der Waals surface area contributed by atoms with Gasteiger partial charge in [-0.25, -0.2) is 9.78 Å². The largest absolute Gasteiger partial charge is 0.444 e. The van der Waals surface area contributed by atoms with Crippen LogP contribution in [0.25, 0.3) is 0 Å². The van der Waals surface area contributed by atoms with Crippen molar-refractivity contribution in [2.75, 3.05) is 23.7 Å². The lowest BCUT2D eigenvalue weighted by atomic mass is 9.67. The number of hydrogen-bond donors (Lipinski definition) is 3. The van der Waals surface area contributed by atoms with Crippen LogP contribution in [-0.4, -0.2) is 55.9 Å². The second-order valence-corrected chi connectivity index (χ2v) is 11.3. The average molecular weight is 468 g/mol. The molecule has 1 amide bonds. The molecule has 2 saturated carbocycles. The van der Waals surface area contributed by atoms with Gasteiger partial charge in [-0.2, -0.15) is 10.1 Å². The van der Waals surface area contributed by atoms with Crippen LogP contribution in [0.1, 0.15) is 83.7 Å². The van der Waals surface area contributed by atoms with Crippen molar-refractivity contribution in [2.24, 2.45) is 5.41 Å². The number of aromatic nitrogens is 4. The number of aromatic amines is 1. The lowest BCUT2D eigenvalue weighted by Crippen LogP contribution is -2.60. The molecule has 3 N–H and O–H groups in total. The summed E-state index contributed by atoms with van der Waals surface area (Å²) in [6.45, 7) is 7.33. The van der Waals surface area contributed by atoms with Crippen LogP contribution in [0.2, 0.25) is 0 Å². The number of likely N-dealkylation sites (tertiary alicyclic amines) is 1. The summed E-state index contributed by atoms with van der Waals surface area (Å²) < 4.78 is 5.50. The molecule has 9 heteroatoms. The van der Waals surface area contributed by atoms with Gasteiger partial charge in [0.15, 0.2) is 5.82 Å². The molecule has 3 aliphatic rings. The second-order valence-electron chi connectivity index (χ2n) is 11.3. The number of anilines is 3. The fraction of sp³-hybridized carbons (Fsp3) is 0.680. The van der Waals surface area contributed by atoms with E-state index in [1.165, 1.54) is 31.4 Å². The number of ether oxygens (including phenoxy) is 1. The maximum absolute atomic E-state index is 12.3. The molecule has 2 aromatic rings. The minimum absolute atomic E-state index is 0.191. The molecular weight excluding hydrogens is 430 g/mol. The number of carbonyl (C=O) groups is 1. The fourth-order valence-electron chi connectivity index (χ4n) is 5.57. The number of nitrogens with one attached hydrogen (secondary N) is 3. The average Bonchev–Trinajstić information content (AvgIpc) is 3.44. The van der Waals surface area contributed by atoms with Gasteiger partial charge in [0.2, 0.25) is 5.95 Å². The minimum Gasteiger partial charge on any atom is -0.444 e. The highest BCUT2D eigenvalue weighted by Gasteiger charge is 2.48. The molecule has 9 nitrogen and oxygen atoms in total. The van der Waals surface area contributed by atoms with E-state index < -0.39 is 5.60 Å². The van der Waals surface area contributed by atoms with Gasteiger partial charge in [-0.05, 0) is 65.4 Å². The molecule has 3 heterocycles. The highest BCUT2D eigenvalue weighted by atomic mass is 16.6. The van der Waals surface area contributed by atoms with Crippen LogP contribution in [0.15, 0.2) is 18.3 Å². The molecule has 184 valence electrons. The van der Waals surface area contributed by atoms with Crippen LogP contribution in [0.5, 0.6) is 0 Å². The van der Waals surface area contributed by atoms with Crippen molar-refractivity contribution in [3.05, 3.63) is 24.0 Å². The van der Waals surface area contributed by atoms with E-state index in [9.17, 15) is 4.79 Å². The molecule has 0 aromatic carbocycles. The molecule has 3 fully saturated rings. The van der Waals surface area contributed by atoms with Crippen LogP contribution in [-0.2, 0) is 4.74 Å². The van der Waals surface area contributed by atoms with Gasteiger partial charge in [-0.15, -0.1) is 0 Å². The Morgan fingerprint density at radius 2 is 1.88 bits per heavy atom. The first-order chi connectivity index (χ1) is 16.3. The Labute approximate surface area is 201 Å². The molecule has 5 rings (SSSR count). The Kier molecular flexibility index (Phi) is 6.12. The summed E-state index contributed by atoms with van der Waals surface area (Å²) in [5.41, 5.74) is 1.01.